The van der Waals surface area contributed by atoms with E-state index in [1.807, 2.05) is 43.0 Å². The number of anilines is 2. The number of carbonyl (C=O) groups is 1. The van der Waals surface area contributed by atoms with Crippen LogP contribution in [0.3, 0.4) is 0 Å². The number of halogens is 1. The molecule has 0 atom stereocenters. The van der Waals surface area contributed by atoms with Gasteiger partial charge in [-0.2, -0.15) is 0 Å². The van der Waals surface area contributed by atoms with Crippen LogP contribution in [0.1, 0.15) is 22.8 Å². The van der Waals surface area contributed by atoms with Crippen molar-refractivity contribution in [3.8, 4) is 0 Å². The average Bonchev–Trinajstić information content (AvgIpc) is 2.41. The molecule has 0 amide bonds. The lowest BCUT2D eigenvalue weighted by Crippen LogP contribution is -2.20. The Morgan fingerprint density at radius 2 is 1.80 bits per heavy atom. The predicted molar refractivity (Wildman–Crippen MR) is 82.3 cm³/mol. The lowest BCUT2D eigenvalue weighted by Gasteiger charge is -2.26. The predicted octanol–water partition coefficient (Wildman–Crippen LogP) is 4.50. The second-order valence-corrected chi connectivity index (χ2v) is 4.88. The molecule has 2 rings (SSSR count). The number of para-hydroxylation sites is 1. The number of aryl methyl sites for hydroxylation is 1. The van der Waals surface area contributed by atoms with Crippen molar-refractivity contribution in [3.63, 3.8) is 0 Å². The molecule has 0 aliphatic rings. The van der Waals surface area contributed by atoms with Crippen molar-refractivity contribution in [1.29, 1.82) is 0 Å². The zero-order valence-corrected chi connectivity index (χ0v) is 12.2. The fraction of sp³-hybridized carbons (Fsp3) is 0.188. The number of hydrogen-bond donors (Lipinski definition) is 1. The fourth-order valence-electron chi connectivity index (χ4n) is 2.29. The van der Waals surface area contributed by atoms with Crippen molar-refractivity contribution in [2.24, 2.45) is 0 Å². The van der Waals surface area contributed by atoms with Crippen LogP contribution in [-0.2, 0) is 0 Å². The molecule has 0 heterocycles. The third-order valence-corrected chi connectivity index (χ3v) is 3.53. The van der Waals surface area contributed by atoms with Gasteiger partial charge >= 0.3 is 5.97 Å². The highest BCUT2D eigenvalue weighted by atomic mass is 35.5. The van der Waals surface area contributed by atoms with Crippen LogP contribution in [0, 0.1) is 6.92 Å². The number of aromatic carboxylic acids is 1. The molecule has 0 saturated heterocycles. The maximum Gasteiger partial charge on any atom is 0.339 e. The van der Waals surface area contributed by atoms with Crippen molar-refractivity contribution in [3.05, 3.63) is 58.6 Å². The highest BCUT2D eigenvalue weighted by molar-refractivity contribution is 6.34. The van der Waals surface area contributed by atoms with E-state index in [0.29, 0.717) is 12.2 Å². The number of carboxylic acids is 1. The molecule has 4 heteroatoms. The Kier molecular flexibility index (Phi) is 4.30. The minimum atomic E-state index is -1.02. The van der Waals surface area contributed by atoms with Gasteiger partial charge in [0.15, 0.2) is 0 Å². The normalized spacial score (nSPS) is 10.3. The quantitative estimate of drug-likeness (QED) is 0.900. The maximum absolute atomic E-state index is 11.5. The smallest absolute Gasteiger partial charge is 0.339 e. The van der Waals surface area contributed by atoms with Crippen molar-refractivity contribution >= 4 is 28.9 Å². The molecule has 2 aromatic rings. The number of rotatable bonds is 4. The summed E-state index contributed by atoms with van der Waals surface area (Å²) in [4.78, 5) is 13.4. The second-order valence-electron chi connectivity index (χ2n) is 4.47. The SMILES string of the molecule is CCN(c1ccccc1C)c1cccc(Cl)c1C(=O)O. The summed E-state index contributed by atoms with van der Waals surface area (Å²) in [6.45, 7) is 4.65. The van der Waals surface area contributed by atoms with Crippen molar-refractivity contribution in [1.82, 2.24) is 0 Å². The highest BCUT2D eigenvalue weighted by Gasteiger charge is 2.20. The molecule has 3 nitrogen and oxygen atoms in total. The summed E-state index contributed by atoms with van der Waals surface area (Å²) in [5.74, 6) is -1.02. The number of carboxylic acid groups (broad SMARTS) is 1. The third kappa shape index (κ3) is 2.63. The highest BCUT2D eigenvalue weighted by Crippen LogP contribution is 2.33. The fourth-order valence-corrected chi connectivity index (χ4v) is 2.54. The van der Waals surface area contributed by atoms with Crippen LogP contribution in [0.2, 0.25) is 5.02 Å². The Morgan fingerprint density at radius 3 is 2.40 bits per heavy atom. The average molecular weight is 290 g/mol. The third-order valence-electron chi connectivity index (χ3n) is 3.22. The lowest BCUT2D eigenvalue weighted by atomic mass is 10.1. The first-order chi connectivity index (χ1) is 9.56. The first-order valence-corrected chi connectivity index (χ1v) is 6.79. The van der Waals surface area contributed by atoms with Gasteiger partial charge in [-0.25, -0.2) is 4.79 Å². The van der Waals surface area contributed by atoms with Crippen molar-refractivity contribution < 1.29 is 9.90 Å². The van der Waals surface area contributed by atoms with Gasteiger partial charge in [0.1, 0.15) is 5.56 Å². The first-order valence-electron chi connectivity index (χ1n) is 6.41. The summed E-state index contributed by atoms with van der Waals surface area (Å²) in [6.07, 6.45) is 0. The molecule has 0 bridgehead atoms. The largest absolute Gasteiger partial charge is 0.478 e. The molecule has 20 heavy (non-hydrogen) atoms. The van der Waals surface area contributed by atoms with E-state index in [9.17, 15) is 9.90 Å². The Bertz CT molecular complexity index is 640. The van der Waals surface area contributed by atoms with Crippen LogP contribution < -0.4 is 4.90 Å². The van der Waals surface area contributed by atoms with E-state index in [0.717, 1.165) is 11.3 Å². The summed E-state index contributed by atoms with van der Waals surface area (Å²) in [6, 6.07) is 13.0. The number of hydrogen-bond acceptors (Lipinski definition) is 2. The van der Waals surface area contributed by atoms with Gasteiger partial charge in [0.2, 0.25) is 0 Å². The summed E-state index contributed by atoms with van der Waals surface area (Å²) in [5, 5.41) is 9.65. The van der Waals surface area contributed by atoms with Crippen molar-refractivity contribution in [2.75, 3.05) is 11.4 Å². The van der Waals surface area contributed by atoms with Gasteiger partial charge in [0.25, 0.3) is 0 Å². The van der Waals surface area contributed by atoms with Crippen LogP contribution in [0.15, 0.2) is 42.5 Å². The molecule has 0 unspecified atom stereocenters. The lowest BCUT2D eigenvalue weighted by molar-refractivity contribution is 0.0698. The molecule has 0 aliphatic heterocycles. The standard InChI is InChI=1S/C16H16ClNO2/c1-3-18(13-9-5-4-7-11(13)2)14-10-6-8-12(17)15(14)16(19)20/h4-10H,3H2,1-2H3,(H,19,20). The van der Waals surface area contributed by atoms with E-state index >= 15 is 0 Å². The Labute approximate surface area is 123 Å². The Morgan fingerprint density at radius 1 is 1.15 bits per heavy atom. The van der Waals surface area contributed by atoms with E-state index in [-0.39, 0.29) is 10.6 Å². The molecule has 0 spiro atoms. The second kappa shape index (κ2) is 5.97. The molecule has 0 aliphatic carbocycles. The van der Waals surface area contributed by atoms with E-state index in [2.05, 4.69) is 0 Å². The monoisotopic (exact) mass is 289 g/mol. The van der Waals surface area contributed by atoms with E-state index in [4.69, 9.17) is 11.6 Å². The molecule has 2 aromatic carbocycles. The molecule has 0 fully saturated rings. The molecular weight excluding hydrogens is 274 g/mol. The summed E-state index contributed by atoms with van der Waals surface area (Å²) < 4.78 is 0. The molecule has 0 aromatic heterocycles. The number of benzene rings is 2. The van der Waals surface area contributed by atoms with Gasteiger partial charge in [-0.05, 0) is 37.6 Å². The van der Waals surface area contributed by atoms with Gasteiger partial charge in [-0.3, -0.25) is 0 Å². The number of nitrogens with zero attached hydrogens (tertiary/aromatic N) is 1. The van der Waals surface area contributed by atoms with Crippen molar-refractivity contribution in [2.45, 2.75) is 13.8 Å². The Balaban J connectivity index is 2.62. The minimum Gasteiger partial charge on any atom is -0.478 e. The van der Waals surface area contributed by atoms with E-state index in [1.165, 1.54) is 0 Å². The van der Waals surface area contributed by atoms with Crippen LogP contribution in [-0.4, -0.2) is 17.6 Å². The van der Waals surface area contributed by atoms with Gasteiger partial charge in [0.05, 0.1) is 10.7 Å². The maximum atomic E-state index is 11.5. The molecular formula is C16H16ClNO2. The van der Waals surface area contributed by atoms with Crippen LogP contribution in [0.25, 0.3) is 0 Å². The van der Waals surface area contributed by atoms with Gasteiger partial charge in [-0.1, -0.05) is 35.9 Å². The molecule has 1 N–H and O–H groups in total. The van der Waals surface area contributed by atoms with Gasteiger partial charge in [-0.15, -0.1) is 0 Å². The topological polar surface area (TPSA) is 40.5 Å². The Hall–Kier alpha value is -2.00. The van der Waals surface area contributed by atoms with Crippen LogP contribution in [0.5, 0.6) is 0 Å². The van der Waals surface area contributed by atoms with E-state index < -0.39 is 5.97 Å². The zero-order chi connectivity index (χ0) is 14.7. The van der Waals surface area contributed by atoms with E-state index in [1.54, 1.807) is 18.2 Å². The first kappa shape index (κ1) is 14.4. The van der Waals surface area contributed by atoms with Crippen LogP contribution in [0.4, 0.5) is 11.4 Å². The summed E-state index contributed by atoms with van der Waals surface area (Å²) >= 11 is 6.05. The zero-order valence-electron chi connectivity index (χ0n) is 11.4. The van der Waals surface area contributed by atoms with Gasteiger partial charge in [0, 0.05) is 12.2 Å². The summed E-state index contributed by atoms with van der Waals surface area (Å²) in [5.41, 5.74) is 2.83. The summed E-state index contributed by atoms with van der Waals surface area (Å²) in [7, 11) is 0. The minimum absolute atomic E-state index is 0.138. The van der Waals surface area contributed by atoms with Crippen LogP contribution >= 0.6 is 11.6 Å². The molecule has 104 valence electrons. The molecule has 0 saturated carbocycles. The molecule has 0 radical (unpaired) electrons. The van der Waals surface area contributed by atoms with Gasteiger partial charge < -0.3 is 10.0 Å².